The standard InChI is InChI=1S/C12H21N3/c1-12(2,3)15-7-5-10(9-15)11-13-6-8-14(11)4/h6,8,10H,5,7,9H2,1-4H3. The molecule has 2 rings (SSSR count). The zero-order valence-electron chi connectivity index (χ0n) is 10.2. The maximum Gasteiger partial charge on any atom is 0.112 e. The first-order valence-corrected chi connectivity index (χ1v) is 5.71. The Morgan fingerprint density at radius 1 is 1.40 bits per heavy atom. The number of imidazole rings is 1. The molecule has 0 aliphatic carbocycles. The fraction of sp³-hybridized carbons (Fsp3) is 0.750. The number of rotatable bonds is 1. The molecule has 1 aromatic rings. The normalized spacial score (nSPS) is 23.6. The van der Waals surface area contributed by atoms with Gasteiger partial charge in [0.2, 0.25) is 0 Å². The van der Waals surface area contributed by atoms with Crippen molar-refractivity contribution in [2.24, 2.45) is 7.05 Å². The summed E-state index contributed by atoms with van der Waals surface area (Å²) in [7, 11) is 2.09. The molecule has 0 aromatic carbocycles. The third-order valence-corrected chi connectivity index (χ3v) is 3.36. The van der Waals surface area contributed by atoms with E-state index in [0.717, 1.165) is 6.54 Å². The molecule has 0 saturated carbocycles. The van der Waals surface area contributed by atoms with Crippen molar-refractivity contribution in [1.82, 2.24) is 14.5 Å². The third kappa shape index (κ3) is 2.07. The molecular weight excluding hydrogens is 186 g/mol. The van der Waals surface area contributed by atoms with Crippen molar-refractivity contribution >= 4 is 0 Å². The van der Waals surface area contributed by atoms with Crippen LogP contribution in [0.15, 0.2) is 12.4 Å². The molecule has 2 heterocycles. The topological polar surface area (TPSA) is 21.1 Å². The quantitative estimate of drug-likeness (QED) is 0.702. The predicted molar refractivity (Wildman–Crippen MR) is 61.9 cm³/mol. The van der Waals surface area contributed by atoms with Crippen LogP contribution < -0.4 is 0 Å². The summed E-state index contributed by atoms with van der Waals surface area (Å²) in [5, 5.41) is 0. The third-order valence-electron chi connectivity index (χ3n) is 3.36. The van der Waals surface area contributed by atoms with E-state index in [0.29, 0.717) is 11.5 Å². The van der Waals surface area contributed by atoms with Crippen LogP contribution in [0.2, 0.25) is 0 Å². The lowest BCUT2D eigenvalue weighted by Gasteiger charge is -2.31. The molecule has 0 spiro atoms. The van der Waals surface area contributed by atoms with Crippen molar-refractivity contribution in [3.05, 3.63) is 18.2 Å². The van der Waals surface area contributed by atoms with E-state index < -0.39 is 0 Å². The first kappa shape index (κ1) is 10.7. The van der Waals surface area contributed by atoms with Crippen molar-refractivity contribution < 1.29 is 0 Å². The van der Waals surface area contributed by atoms with Crippen LogP contribution >= 0.6 is 0 Å². The number of aryl methyl sites for hydroxylation is 1. The van der Waals surface area contributed by atoms with Crippen LogP contribution in [0.25, 0.3) is 0 Å². The van der Waals surface area contributed by atoms with Crippen LogP contribution in [0.1, 0.15) is 38.9 Å². The molecule has 1 saturated heterocycles. The molecule has 3 nitrogen and oxygen atoms in total. The van der Waals surface area contributed by atoms with Gasteiger partial charge < -0.3 is 4.57 Å². The Morgan fingerprint density at radius 3 is 2.60 bits per heavy atom. The minimum absolute atomic E-state index is 0.292. The molecule has 0 radical (unpaired) electrons. The van der Waals surface area contributed by atoms with Gasteiger partial charge in [-0.25, -0.2) is 4.98 Å². The maximum atomic E-state index is 4.45. The lowest BCUT2D eigenvalue weighted by molar-refractivity contribution is 0.172. The highest BCUT2D eigenvalue weighted by Crippen LogP contribution is 2.30. The minimum Gasteiger partial charge on any atom is -0.338 e. The lowest BCUT2D eigenvalue weighted by atomic mass is 10.1. The van der Waals surface area contributed by atoms with E-state index in [2.05, 4.69) is 42.3 Å². The fourth-order valence-corrected chi connectivity index (χ4v) is 2.35. The van der Waals surface area contributed by atoms with Crippen molar-refractivity contribution in [3.8, 4) is 0 Å². The van der Waals surface area contributed by atoms with Gasteiger partial charge in [-0.3, -0.25) is 4.90 Å². The SMILES string of the molecule is Cn1ccnc1C1CCN(C(C)(C)C)C1. The molecule has 15 heavy (non-hydrogen) atoms. The van der Waals surface area contributed by atoms with Crippen LogP contribution in [0, 0.1) is 0 Å². The number of likely N-dealkylation sites (tertiary alicyclic amines) is 1. The van der Waals surface area contributed by atoms with E-state index in [9.17, 15) is 0 Å². The summed E-state index contributed by atoms with van der Waals surface area (Å²) >= 11 is 0. The number of hydrogen-bond acceptors (Lipinski definition) is 2. The van der Waals surface area contributed by atoms with Crippen LogP contribution in [0.3, 0.4) is 0 Å². The van der Waals surface area contributed by atoms with E-state index in [-0.39, 0.29) is 0 Å². The summed E-state index contributed by atoms with van der Waals surface area (Å²) < 4.78 is 2.15. The molecule has 3 heteroatoms. The average molecular weight is 207 g/mol. The molecule has 1 fully saturated rings. The summed E-state index contributed by atoms with van der Waals surface area (Å²) in [5.41, 5.74) is 0.292. The van der Waals surface area contributed by atoms with E-state index in [1.807, 2.05) is 12.4 Å². The molecule has 0 bridgehead atoms. The molecule has 1 aliphatic rings. The van der Waals surface area contributed by atoms with Gasteiger partial charge >= 0.3 is 0 Å². The van der Waals surface area contributed by atoms with Gasteiger partial charge in [-0.05, 0) is 33.7 Å². The molecule has 0 amide bonds. The largest absolute Gasteiger partial charge is 0.338 e. The van der Waals surface area contributed by atoms with Crippen molar-refractivity contribution in [2.75, 3.05) is 13.1 Å². The highest BCUT2D eigenvalue weighted by molar-refractivity contribution is 5.05. The Balaban J connectivity index is 2.08. The predicted octanol–water partition coefficient (Wildman–Crippen LogP) is 2.01. The highest BCUT2D eigenvalue weighted by atomic mass is 15.2. The zero-order chi connectivity index (χ0) is 11.1. The molecule has 1 aromatic heterocycles. The van der Waals surface area contributed by atoms with Crippen LogP contribution in [-0.4, -0.2) is 33.1 Å². The second kappa shape index (κ2) is 3.63. The number of nitrogens with zero attached hydrogens (tertiary/aromatic N) is 3. The van der Waals surface area contributed by atoms with Gasteiger partial charge in [-0.15, -0.1) is 0 Å². The Bertz CT molecular complexity index is 335. The molecule has 1 unspecified atom stereocenters. The van der Waals surface area contributed by atoms with Gasteiger partial charge in [0.25, 0.3) is 0 Å². The summed E-state index contributed by atoms with van der Waals surface area (Å²) in [6, 6.07) is 0. The maximum absolute atomic E-state index is 4.45. The first-order chi connectivity index (χ1) is 6.98. The van der Waals surface area contributed by atoms with Crippen LogP contribution in [0.4, 0.5) is 0 Å². The summed E-state index contributed by atoms with van der Waals surface area (Å²) in [4.78, 5) is 7.00. The second-order valence-electron chi connectivity index (χ2n) is 5.50. The summed E-state index contributed by atoms with van der Waals surface area (Å²) in [6.07, 6.45) is 5.17. The van der Waals surface area contributed by atoms with E-state index >= 15 is 0 Å². The van der Waals surface area contributed by atoms with Crippen molar-refractivity contribution in [1.29, 1.82) is 0 Å². The van der Waals surface area contributed by atoms with Gasteiger partial charge in [-0.2, -0.15) is 0 Å². The van der Waals surface area contributed by atoms with Crippen molar-refractivity contribution in [3.63, 3.8) is 0 Å². The first-order valence-electron chi connectivity index (χ1n) is 5.71. The van der Waals surface area contributed by atoms with Crippen LogP contribution in [-0.2, 0) is 7.05 Å². The lowest BCUT2D eigenvalue weighted by Crippen LogP contribution is -2.39. The Kier molecular flexibility index (Phi) is 2.59. The molecule has 1 aliphatic heterocycles. The smallest absolute Gasteiger partial charge is 0.112 e. The van der Waals surface area contributed by atoms with Gasteiger partial charge in [0.05, 0.1) is 0 Å². The minimum atomic E-state index is 0.292. The summed E-state index contributed by atoms with van der Waals surface area (Å²) in [5.74, 6) is 1.85. The molecule has 0 N–H and O–H groups in total. The average Bonchev–Trinajstić information content (AvgIpc) is 2.69. The zero-order valence-corrected chi connectivity index (χ0v) is 10.2. The van der Waals surface area contributed by atoms with Gasteiger partial charge in [0, 0.05) is 37.4 Å². The van der Waals surface area contributed by atoms with Gasteiger partial charge in [0.15, 0.2) is 0 Å². The van der Waals surface area contributed by atoms with Crippen LogP contribution in [0.5, 0.6) is 0 Å². The molecule has 84 valence electrons. The molecular formula is C12H21N3. The second-order valence-corrected chi connectivity index (χ2v) is 5.50. The van der Waals surface area contributed by atoms with Gasteiger partial charge in [-0.1, -0.05) is 0 Å². The molecule has 1 atom stereocenters. The summed E-state index contributed by atoms with van der Waals surface area (Å²) in [6.45, 7) is 9.20. The number of aromatic nitrogens is 2. The highest BCUT2D eigenvalue weighted by Gasteiger charge is 2.32. The fourth-order valence-electron chi connectivity index (χ4n) is 2.35. The van der Waals surface area contributed by atoms with E-state index in [1.165, 1.54) is 18.8 Å². The van der Waals surface area contributed by atoms with E-state index in [4.69, 9.17) is 0 Å². The van der Waals surface area contributed by atoms with Gasteiger partial charge in [0.1, 0.15) is 5.82 Å². The monoisotopic (exact) mass is 207 g/mol. The Morgan fingerprint density at radius 2 is 2.13 bits per heavy atom. The number of hydrogen-bond donors (Lipinski definition) is 0. The Labute approximate surface area is 92.1 Å². The van der Waals surface area contributed by atoms with Crippen molar-refractivity contribution in [2.45, 2.75) is 38.6 Å². The van der Waals surface area contributed by atoms with E-state index in [1.54, 1.807) is 0 Å². The Hall–Kier alpha value is -0.830.